The lowest BCUT2D eigenvalue weighted by Crippen LogP contribution is -2.55. The van der Waals surface area contributed by atoms with Crippen LogP contribution in [0.1, 0.15) is 60.9 Å². The van der Waals surface area contributed by atoms with Gasteiger partial charge >= 0.3 is 0 Å². The van der Waals surface area contributed by atoms with Crippen LogP contribution in [0.3, 0.4) is 0 Å². The fourth-order valence-corrected chi connectivity index (χ4v) is 5.77. The summed E-state index contributed by atoms with van der Waals surface area (Å²) >= 11 is 0. The van der Waals surface area contributed by atoms with E-state index in [2.05, 4.69) is 10.6 Å². The number of ether oxygens (including phenoxy) is 1. The normalized spacial score (nSPS) is 17.7. The fourth-order valence-electron chi connectivity index (χ4n) is 5.77. The third-order valence-corrected chi connectivity index (χ3v) is 7.96. The minimum Gasteiger partial charge on any atom is -0.457 e. The number of amides is 3. The average molecular weight is 568 g/mol. The van der Waals surface area contributed by atoms with Gasteiger partial charge in [-0.15, -0.1) is 0 Å². The number of rotatable bonds is 10. The standard InChI is InChI=1S/C34H37N3O5/c38-31(33(40)35-26-15-6-2-7-16-26)30-20-11-21-37(30)34(41)29(22-24-12-4-1-5-13-24)36-32(39)25-14-10-19-28(23-25)42-27-17-8-3-9-18-27/h1,3-5,8-10,12-14,17-19,23,26,29-30H,2,6-7,11,15-16,20-22H2,(H,35,40)(H,36,39)/t29-,30-/m0/s1. The molecule has 3 amide bonds. The number of hydrogen-bond acceptors (Lipinski definition) is 5. The monoisotopic (exact) mass is 567 g/mol. The van der Waals surface area contributed by atoms with Gasteiger partial charge < -0.3 is 20.3 Å². The van der Waals surface area contributed by atoms with Gasteiger partial charge in [0.25, 0.3) is 11.8 Å². The molecule has 1 saturated heterocycles. The van der Waals surface area contributed by atoms with Gasteiger partial charge in [-0.3, -0.25) is 19.2 Å². The molecule has 42 heavy (non-hydrogen) atoms. The summed E-state index contributed by atoms with van der Waals surface area (Å²) in [6.07, 6.45) is 6.24. The maximum atomic E-state index is 14.0. The number of para-hydroxylation sites is 1. The van der Waals surface area contributed by atoms with Crippen LogP contribution in [0.5, 0.6) is 11.5 Å². The van der Waals surface area contributed by atoms with Gasteiger partial charge in [0.15, 0.2) is 0 Å². The SMILES string of the molecule is O=C(NC1CCCCC1)C(=O)[C@@H]1CCCN1C(=O)[C@H](Cc1ccccc1)NC(=O)c1cccc(Oc2ccccc2)c1. The van der Waals surface area contributed by atoms with Crippen molar-refractivity contribution in [3.8, 4) is 11.5 Å². The molecular weight excluding hydrogens is 530 g/mol. The van der Waals surface area contributed by atoms with Gasteiger partial charge in [0.1, 0.15) is 23.6 Å². The van der Waals surface area contributed by atoms with E-state index < -0.39 is 29.7 Å². The lowest BCUT2D eigenvalue weighted by Gasteiger charge is -2.29. The zero-order chi connectivity index (χ0) is 29.3. The van der Waals surface area contributed by atoms with Gasteiger partial charge in [-0.1, -0.05) is 73.9 Å². The van der Waals surface area contributed by atoms with Crippen LogP contribution >= 0.6 is 0 Å². The Morgan fingerprint density at radius 3 is 2.21 bits per heavy atom. The van der Waals surface area contributed by atoms with E-state index in [0.717, 1.165) is 37.7 Å². The van der Waals surface area contributed by atoms with E-state index in [0.29, 0.717) is 36.4 Å². The van der Waals surface area contributed by atoms with Gasteiger partial charge in [0.05, 0.1) is 0 Å². The minimum atomic E-state index is -0.923. The Kier molecular flexibility index (Phi) is 9.64. The summed E-state index contributed by atoms with van der Waals surface area (Å²) in [7, 11) is 0. The van der Waals surface area contributed by atoms with E-state index in [9.17, 15) is 19.2 Å². The minimum absolute atomic E-state index is 0.00695. The van der Waals surface area contributed by atoms with Crippen LogP contribution in [0.4, 0.5) is 0 Å². The zero-order valence-electron chi connectivity index (χ0n) is 23.7. The Morgan fingerprint density at radius 1 is 0.786 bits per heavy atom. The van der Waals surface area contributed by atoms with Crippen molar-refractivity contribution in [2.24, 2.45) is 0 Å². The maximum Gasteiger partial charge on any atom is 0.289 e. The Labute approximate surface area is 246 Å². The Morgan fingerprint density at radius 2 is 1.48 bits per heavy atom. The largest absolute Gasteiger partial charge is 0.457 e. The van der Waals surface area contributed by atoms with Crippen molar-refractivity contribution >= 4 is 23.5 Å². The van der Waals surface area contributed by atoms with Crippen LogP contribution < -0.4 is 15.4 Å². The lowest BCUT2D eigenvalue weighted by molar-refractivity contribution is -0.145. The van der Waals surface area contributed by atoms with Crippen LogP contribution in [0, 0.1) is 0 Å². The molecular formula is C34H37N3O5. The highest BCUT2D eigenvalue weighted by atomic mass is 16.5. The fraction of sp³-hybridized carbons (Fsp3) is 0.353. The van der Waals surface area contributed by atoms with Crippen LogP contribution in [0.25, 0.3) is 0 Å². The van der Waals surface area contributed by atoms with E-state index in [1.54, 1.807) is 24.3 Å². The van der Waals surface area contributed by atoms with E-state index in [-0.39, 0.29) is 18.4 Å². The average Bonchev–Trinajstić information content (AvgIpc) is 3.52. The lowest BCUT2D eigenvalue weighted by atomic mass is 9.95. The Bertz CT molecular complexity index is 1390. The molecule has 1 saturated carbocycles. The molecule has 2 aliphatic rings. The number of hydrogen-bond donors (Lipinski definition) is 2. The number of Topliss-reactive ketones (excluding diaryl/α,β-unsaturated/α-hetero) is 1. The van der Waals surface area contributed by atoms with E-state index >= 15 is 0 Å². The third-order valence-electron chi connectivity index (χ3n) is 7.96. The summed E-state index contributed by atoms with van der Waals surface area (Å²) in [5.41, 5.74) is 1.21. The second-order valence-electron chi connectivity index (χ2n) is 11.0. The van der Waals surface area contributed by atoms with Gasteiger partial charge in [-0.2, -0.15) is 0 Å². The molecule has 1 aliphatic heterocycles. The number of nitrogens with zero attached hydrogens (tertiary/aromatic N) is 1. The zero-order valence-corrected chi connectivity index (χ0v) is 23.7. The molecule has 3 aromatic carbocycles. The number of carbonyl (C=O) groups is 4. The molecule has 218 valence electrons. The molecule has 8 nitrogen and oxygen atoms in total. The quantitative estimate of drug-likeness (QED) is 0.342. The molecule has 1 aliphatic carbocycles. The van der Waals surface area contributed by atoms with Gasteiger partial charge in [0, 0.05) is 24.6 Å². The summed E-state index contributed by atoms with van der Waals surface area (Å²) in [6.45, 7) is 0.355. The predicted molar refractivity (Wildman–Crippen MR) is 159 cm³/mol. The van der Waals surface area contributed by atoms with Crippen molar-refractivity contribution in [2.45, 2.75) is 69.5 Å². The summed E-state index contributed by atoms with van der Waals surface area (Å²) in [5.74, 6) is -0.865. The second-order valence-corrected chi connectivity index (χ2v) is 11.0. The van der Waals surface area contributed by atoms with Crippen molar-refractivity contribution in [2.75, 3.05) is 6.54 Å². The molecule has 0 radical (unpaired) electrons. The number of carbonyl (C=O) groups excluding carboxylic acids is 4. The Balaban J connectivity index is 1.31. The highest BCUT2D eigenvalue weighted by molar-refractivity contribution is 6.38. The summed E-state index contributed by atoms with van der Waals surface area (Å²) in [5, 5.41) is 5.80. The number of nitrogens with one attached hydrogen (secondary N) is 2. The van der Waals surface area contributed by atoms with Crippen LogP contribution in [-0.2, 0) is 20.8 Å². The van der Waals surface area contributed by atoms with Crippen molar-refractivity contribution in [1.29, 1.82) is 0 Å². The highest BCUT2D eigenvalue weighted by Crippen LogP contribution is 2.24. The molecule has 0 bridgehead atoms. The number of likely N-dealkylation sites (tertiary alicyclic amines) is 1. The third kappa shape index (κ3) is 7.43. The smallest absolute Gasteiger partial charge is 0.289 e. The van der Waals surface area contributed by atoms with Crippen molar-refractivity contribution in [1.82, 2.24) is 15.5 Å². The van der Waals surface area contributed by atoms with Gasteiger partial charge in [-0.25, -0.2) is 0 Å². The maximum absolute atomic E-state index is 14.0. The van der Waals surface area contributed by atoms with Gasteiger partial charge in [-0.05, 0) is 61.6 Å². The molecule has 2 fully saturated rings. The second kappa shape index (κ2) is 13.9. The molecule has 5 rings (SSSR count). The molecule has 1 heterocycles. The summed E-state index contributed by atoms with van der Waals surface area (Å²) in [6, 6.07) is 23.7. The summed E-state index contributed by atoms with van der Waals surface area (Å²) < 4.78 is 5.89. The van der Waals surface area contributed by atoms with E-state index in [1.165, 1.54) is 4.90 Å². The highest BCUT2D eigenvalue weighted by Gasteiger charge is 2.40. The van der Waals surface area contributed by atoms with Crippen LogP contribution in [0.2, 0.25) is 0 Å². The molecule has 0 aromatic heterocycles. The first-order valence-electron chi connectivity index (χ1n) is 14.8. The first kappa shape index (κ1) is 29.0. The summed E-state index contributed by atoms with van der Waals surface area (Å²) in [4.78, 5) is 55.0. The van der Waals surface area contributed by atoms with Crippen molar-refractivity contribution in [3.63, 3.8) is 0 Å². The van der Waals surface area contributed by atoms with Crippen molar-refractivity contribution < 1.29 is 23.9 Å². The predicted octanol–water partition coefficient (Wildman–Crippen LogP) is 4.83. The van der Waals surface area contributed by atoms with Gasteiger partial charge in [0.2, 0.25) is 11.7 Å². The van der Waals surface area contributed by atoms with E-state index in [1.807, 2.05) is 60.7 Å². The first-order valence-corrected chi connectivity index (χ1v) is 14.8. The molecule has 0 spiro atoms. The van der Waals surface area contributed by atoms with E-state index in [4.69, 9.17) is 4.74 Å². The topological polar surface area (TPSA) is 105 Å². The number of ketones is 1. The van der Waals surface area contributed by atoms with Crippen LogP contribution in [-0.4, -0.2) is 53.1 Å². The Hall–Kier alpha value is -4.46. The molecule has 2 atom stereocenters. The van der Waals surface area contributed by atoms with Crippen molar-refractivity contribution in [3.05, 3.63) is 96.1 Å². The number of benzene rings is 3. The molecule has 3 aromatic rings. The first-order chi connectivity index (χ1) is 20.5. The molecule has 0 unspecified atom stereocenters. The van der Waals surface area contributed by atoms with Crippen LogP contribution in [0.15, 0.2) is 84.9 Å². The molecule has 2 N–H and O–H groups in total. The molecule has 8 heteroatoms.